The summed E-state index contributed by atoms with van der Waals surface area (Å²) in [7, 11) is 2.14. The van der Waals surface area contributed by atoms with E-state index in [4.69, 9.17) is 0 Å². The van der Waals surface area contributed by atoms with E-state index < -0.39 is 0 Å². The Labute approximate surface area is 108 Å². The molecular weight excluding hydrogens is 206 g/mol. The van der Waals surface area contributed by atoms with E-state index in [0.717, 1.165) is 6.42 Å². The van der Waals surface area contributed by atoms with E-state index in [0.29, 0.717) is 0 Å². The Morgan fingerprint density at radius 3 is 2.29 bits per heavy atom. The fourth-order valence-corrected chi connectivity index (χ4v) is 1.95. The second-order valence-electron chi connectivity index (χ2n) is 4.82. The Bertz CT molecular complexity index is 291. The van der Waals surface area contributed by atoms with E-state index in [9.17, 15) is 0 Å². The molecule has 0 aliphatic heterocycles. The molecule has 0 aromatic carbocycles. The van der Waals surface area contributed by atoms with E-state index in [2.05, 4.69) is 64.9 Å². The summed E-state index contributed by atoms with van der Waals surface area (Å²) in [6, 6.07) is 0. The van der Waals surface area contributed by atoms with Crippen molar-refractivity contribution in [1.29, 1.82) is 0 Å². The van der Waals surface area contributed by atoms with Crippen molar-refractivity contribution in [2.45, 2.75) is 60.3 Å². The maximum atomic E-state index is 2.25. The molecule has 0 heterocycles. The fraction of sp³-hybridized carbons (Fsp3) is 0.625. The summed E-state index contributed by atoms with van der Waals surface area (Å²) in [5, 5.41) is 0. The van der Waals surface area contributed by atoms with Crippen LogP contribution >= 0.6 is 0 Å². The Hall–Kier alpha value is -0.980. The normalized spacial score (nSPS) is 12.6. The first kappa shape index (κ1) is 16.0. The molecule has 0 saturated carbocycles. The summed E-state index contributed by atoms with van der Waals surface area (Å²) < 4.78 is 0. The van der Waals surface area contributed by atoms with E-state index in [-0.39, 0.29) is 0 Å². The van der Waals surface area contributed by atoms with Crippen LogP contribution in [-0.2, 0) is 0 Å². The van der Waals surface area contributed by atoms with Crippen LogP contribution in [-0.4, -0.2) is 11.9 Å². The number of unbranched alkanes of at least 4 members (excludes halogenated alkanes) is 1. The van der Waals surface area contributed by atoms with Crippen LogP contribution in [0.3, 0.4) is 0 Å². The average molecular weight is 235 g/mol. The molecule has 0 fully saturated rings. The molecule has 0 aliphatic carbocycles. The predicted molar refractivity (Wildman–Crippen MR) is 78.9 cm³/mol. The molecule has 0 radical (unpaired) electrons. The van der Waals surface area contributed by atoms with Crippen LogP contribution in [0.5, 0.6) is 0 Å². The van der Waals surface area contributed by atoms with Crippen LogP contribution in [0.25, 0.3) is 0 Å². The third-order valence-corrected chi connectivity index (χ3v) is 3.00. The Kier molecular flexibility index (Phi) is 8.57. The lowest BCUT2D eigenvalue weighted by Crippen LogP contribution is -2.10. The molecule has 98 valence electrons. The van der Waals surface area contributed by atoms with Gasteiger partial charge >= 0.3 is 0 Å². The molecule has 17 heavy (non-hydrogen) atoms. The molecule has 0 aliphatic rings. The highest BCUT2D eigenvalue weighted by Gasteiger charge is 2.03. The zero-order chi connectivity index (χ0) is 13.3. The summed E-state index contributed by atoms with van der Waals surface area (Å²) >= 11 is 0. The van der Waals surface area contributed by atoms with Crippen molar-refractivity contribution < 1.29 is 0 Å². The topological polar surface area (TPSA) is 3.24 Å². The largest absolute Gasteiger partial charge is 0.355 e. The molecule has 0 bridgehead atoms. The van der Waals surface area contributed by atoms with Gasteiger partial charge in [-0.1, -0.05) is 30.2 Å². The zero-order valence-corrected chi connectivity index (χ0v) is 12.5. The number of rotatable bonds is 7. The number of nitrogens with zero attached hydrogens (tertiary/aromatic N) is 1. The smallest absolute Gasteiger partial charge is 0.0132 e. The van der Waals surface area contributed by atoms with Gasteiger partial charge in [0.25, 0.3) is 0 Å². The highest BCUT2D eigenvalue weighted by molar-refractivity contribution is 5.14. The van der Waals surface area contributed by atoms with Crippen LogP contribution in [0.1, 0.15) is 60.3 Å². The van der Waals surface area contributed by atoms with Crippen molar-refractivity contribution in [3.63, 3.8) is 0 Å². The Balaban J connectivity index is 4.52. The van der Waals surface area contributed by atoms with E-state index in [1.807, 2.05) is 0 Å². The molecular formula is C16H29N. The summed E-state index contributed by atoms with van der Waals surface area (Å²) in [5.74, 6) is 0. The summed E-state index contributed by atoms with van der Waals surface area (Å²) in [6.45, 7) is 10.9. The van der Waals surface area contributed by atoms with Crippen LogP contribution in [0.2, 0.25) is 0 Å². The third kappa shape index (κ3) is 7.04. The van der Waals surface area contributed by atoms with Gasteiger partial charge in [-0.15, -0.1) is 0 Å². The highest BCUT2D eigenvalue weighted by Crippen LogP contribution is 2.19. The van der Waals surface area contributed by atoms with Gasteiger partial charge in [-0.05, 0) is 53.4 Å². The molecule has 0 saturated heterocycles. The zero-order valence-electron chi connectivity index (χ0n) is 12.5. The van der Waals surface area contributed by atoms with E-state index in [1.54, 1.807) is 5.57 Å². The predicted octanol–water partition coefficient (Wildman–Crippen LogP) is 5.27. The van der Waals surface area contributed by atoms with Crippen LogP contribution in [0.4, 0.5) is 0 Å². The maximum absolute atomic E-state index is 2.25. The molecule has 0 unspecified atom stereocenters. The van der Waals surface area contributed by atoms with Crippen molar-refractivity contribution >= 4 is 0 Å². The molecule has 0 N–H and O–H groups in total. The molecule has 0 aromatic heterocycles. The molecule has 0 aromatic rings. The van der Waals surface area contributed by atoms with Gasteiger partial charge in [-0.3, -0.25) is 0 Å². The van der Waals surface area contributed by atoms with Crippen LogP contribution in [0.15, 0.2) is 35.2 Å². The van der Waals surface area contributed by atoms with Crippen molar-refractivity contribution in [3.8, 4) is 0 Å². The minimum atomic E-state index is 1.16. The van der Waals surface area contributed by atoms with Gasteiger partial charge in [0.15, 0.2) is 0 Å². The summed E-state index contributed by atoms with van der Waals surface area (Å²) in [6.07, 6.45) is 11.4. The highest BCUT2D eigenvalue weighted by atomic mass is 15.1. The Morgan fingerprint density at radius 2 is 1.82 bits per heavy atom. The SMILES string of the molecule is C/C=C\CCC/C(CC)=C(/C)N(C)C=C(C)C. The Morgan fingerprint density at radius 1 is 1.18 bits per heavy atom. The van der Waals surface area contributed by atoms with Crippen LogP contribution < -0.4 is 0 Å². The lowest BCUT2D eigenvalue weighted by molar-refractivity contribution is 0.545. The first-order valence-electron chi connectivity index (χ1n) is 6.70. The van der Waals surface area contributed by atoms with E-state index >= 15 is 0 Å². The third-order valence-electron chi connectivity index (χ3n) is 3.00. The van der Waals surface area contributed by atoms with Gasteiger partial charge in [0, 0.05) is 18.9 Å². The van der Waals surface area contributed by atoms with Gasteiger partial charge in [-0.25, -0.2) is 0 Å². The van der Waals surface area contributed by atoms with Gasteiger partial charge in [0.2, 0.25) is 0 Å². The lowest BCUT2D eigenvalue weighted by atomic mass is 10.0. The summed E-state index contributed by atoms with van der Waals surface area (Å²) in [5.41, 5.74) is 4.33. The number of hydrogen-bond acceptors (Lipinski definition) is 1. The standard InChI is InChI=1S/C16H29N/c1-7-9-10-11-12-16(8-2)15(5)17(6)13-14(3)4/h7,9,13H,8,10-12H2,1-6H3/b9-7-,16-15-. The quantitative estimate of drug-likeness (QED) is 0.429. The minimum Gasteiger partial charge on any atom is -0.355 e. The molecule has 1 heteroatoms. The molecule has 0 amide bonds. The van der Waals surface area contributed by atoms with Crippen molar-refractivity contribution in [1.82, 2.24) is 4.90 Å². The van der Waals surface area contributed by atoms with Crippen molar-refractivity contribution in [2.75, 3.05) is 7.05 Å². The minimum absolute atomic E-state index is 1.16. The molecule has 1 nitrogen and oxygen atoms in total. The lowest BCUT2D eigenvalue weighted by Gasteiger charge is -2.20. The van der Waals surface area contributed by atoms with Gasteiger partial charge in [0.1, 0.15) is 0 Å². The fourth-order valence-electron chi connectivity index (χ4n) is 1.95. The molecule has 0 spiro atoms. The summed E-state index contributed by atoms with van der Waals surface area (Å²) in [4.78, 5) is 2.25. The number of allylic oxidation sites excluding steroid dienone is 5. The van der Waals surface area contributed by atoms with E-state index in [1.165, 1.54) is 30.5 Å². The second-order valence-corrected chi connectivity index (χ2v) is 4.82. The average Bonchev–Trinajstić information content (AvgIpc) is 2.27. The monoisotopic (exact) mass is 235 g/mol. The van der Waals surface area contributed by atoms with Gasteiger partial charge in [0.05, 0.1) is 0 Å². The van der Waals surface area contributed by atoms with Crippen molar-refractivity contribution in [2.24, 2.45) is 0 Å². The molecule has 0 rings (SSSR count). The van der Waals surface area contributed by atoms with Crippen molar-refractivity contribution in [3.05, 3.63) is 35.2 Å². The number of hydrogen-bond donors (Lipinski definition) is 0. The second kappa shape index (κ2) is 9.09. The first-order valence-corrected chi connectivity index (χ1v) is 6.70. The maximum Gasteiger partial charge on any atom is 0.0132 e. The van der Waals surface area contributed by atoms with Gasteiger partial charge in [-0.2, -0.15) is 0 Å². The first-order chi connectivity index (χ1) is 8.02. The van der Waals surface area contributed by atoms with Crippen LogP contribution in [0, 0.1) is 0 Å². The van der Waals surface area contributed by atoms with Gasteiger partial charge < -0.3 is 4.90 Å². The molecule has 0 atom stereocenters.